The van der Waals surface area contributed by atoms with Crippen molar-refractivity contribution in [1.29, 1.82) is 0 Å². The first kappa shape index (κ1) is 11.5. The molecule has 100 valence electrons. The first-order valence-corrected chi connectivity index (χ1v) is 7.32. The van der Waals surface area contributed by atoms with Gasteiger partial charge in [-0.2, -0.15) is 0 Å². The molecule has 3 heteroatoms. The normalized spacial score (nSPS) is 24.5. The standard InChI is InChI=1S/C16H20N2O/c1-2-4-15-13(3-1)14-11-12(5-6-16(14)17-15)18-7-9-19-10-8-18/h1-4,12,17H,5-11H2/t12-/m1/s1. The molecule has 2 aliphatic rings. The molecular weight excluding hydrogens is 236 g/mol. The van der Waals surface area contributed by atoms with Gasteiger partial charge in [-0.1, -0.05) is 18.2 Å². The first-order valence-electron chi connectivity index (χ1n) is 7.32. The van der Waals surface area contributed by atoms with Crippen molar-refractivity contribution < 1.29 is 4.74 Å². The predicted molar refractivity (Wildman–Crippen MR) is 76.5 cm³/mol. The van der Waals surface area contributed by atoms with Crippen LogP contribution in [-0.2, 0) is 17.6 Å². The molecule has 1 aromatic heterocycles. The molecule has 0 saturated carbocycles. The minimum Gasteiger partial charge on any atom is -0.379 e. The smallest absolute Gasteiger partial charge is 0.0594 e. The van der Waals surface area contributed by atoms with Crippen LogP contribution in [0.5, 0.6) is 0 Å². The number of H-pyrrole nitrogens is 1. The van der Waals surface area contributed by atoms with E-state index in [0.29, 0.717) is 6.04 Å². The monoisotopic (exact) mass is 256 g/mol. The van der Waals surface area contributed by atoms with Crippen molar-refractivity contribution in [2.75, 3.05) is 26.3 Å². The fraction of sp³-hybridized carbons (Fsp3) is 0.500. The van der Waals surface area contributed by atoms with E-state index in [9.17, 15) is 0 Å². The van der Waals surface area contributed by atoms with E-state index in [1.54, 1.807) is 5.56 Å². The Morgan fingerprint density at radius 2 is 2.00 bits per heavy atom. The van der Waals surface area contributed by atoms with Crippen molar-refractivity contribution in [3.8, 4) is 0 Å². The van der Waals surface area contributed by atoms with E-state index in [2.05, 4.69) is 34.1 Å². The molecule has 19 heavy (non-hydrogen) atoms. The van der Waals surface area contributed by atoms with Gasteiger partial charge in [-0.25, -0.2) is 0 Å². The molecular formula is C16H20N2O. The lowest BCUT2D eigenvalue weighted by molar-refractivity contribution is 0.0137. The number of hydrogen-bond acceptors (Lipinski definition) is 2. The van der Waals surface area contributed by atoms with Gasteiger partial charge in [-0.3, -0.25) is 4.90 Å². The molecule has 3 nitrogen and oxygen atoms in total. The topological polar surface area (TPSA) is 28.3 Å². The molecule has 2 aromatic rings. The lowest BCUT2D eigenvalue weighted by Crippen LogP contribution is -2.45. The van der Waals surface area contributed by atoms with Crippen LogP contribution < -0.4 is 0 Å². The number of aromatic nitrogens is 1. The Morgan fingerprint density at radius 1 is 1.16 bits per heavy atom. The van der Waals surface area contributed by atoms with E-state index >= 15 is 0 Å². The second kappa shape index (κ2) is 4.66. The van der Waals surface area contributed by atoms with Crippen LogP contribution in [0.25, 0.3) is 10.9 Å². The van der Waals surface area contributed by atoms with Crippen LogP contribution in [0.4, 0.5) is 0 Å². The maximum Gasteiger partial charge on any atom is 0.0594 e. The van der Waals surface area contributed by atoms with Gasteiger partial charge in [-0.15, -0.1) is 0 Å². The van der Waals surface area contributed by atoms with Crippen LogP contribution in [0.15, 0.2) is 24.3 Å². The Bertz CT molecular complexity index is 583. The molecule has 0 amide bonds. The molecule has 0 spiro atoms. The molecule has 4 rings (SSSR count). The van der Waals surface area contributed by atoms with E-state index in [4.69, 9.17) is 4.74 Å². The van der Waals surface area contributed by atoms with Gasteiger partial charge in [0.25, 0.3) is 0 Å². The summed E-state index contributed by atoms with van der Waals surface area (Å²) in [5.41, 5.74) is 4.32. The van der Waals surface area contributed by atoms with Crippen molar-refractivity contribution in [2.45, 2.75) is 25.3 Å². The van der Waals surface area contributed by atoms with E-state index < -0.39 is 0 Å². The Kier molecular flexibility index (Phi) is 2.82. The highest BCUT2D eigenvalue weighted by atomic mass is 16.5. The van der Waals surface area contributed by atoms with Crippen LogP contribution in [-0.4, -0.2) is 42.2 Å². The number of benzene rings is 1. The molecule has 1 saturated heterocycles. The van der Waals surface area contributed by atoms with Gasteiger partial charge >= 0.3 is 0 Å². The Labute approximate surface area is 113 Å². The zero-order valence-corrected chi connectivity index (χ0v) is 11.2. The number of nitrogens with zero attached hydrogens (tertiary/aromatic N) is 1. The van der Waals surface area contributed by atoms with Gasteiger partial charge in [-0.05, 0) is 30.9 Å². The Morgan fingerprint density at radius 3 is 2.89 bits per heavy atom. The number of aryl methyl sites for hydroxylation is 1. The summed E-state index contributed by atoms with van der Waals surface area (Å²) in [6.07, 6.45) is 3.66. The molecule has 1 aromatic carbocycles. The number of hydrogen-bond donors (Lipinski definition) is 1. The van der Waals surface area contributed by atoms with Crippen molar-refractivity contribution in [1.82, 2.24) is 9.88 Å². The number of fused-ring (bicyclic) bond motifs is 3. The van der Waals surface area contributed by atoms with Gasteiger partial charge in [0.1, 0.15) is 0 Å². The van der Waals surface area contributed by atoms with Gasteiger partial charge in [0.15, 0.2) is 0 Å². The second-order valence-electron chi connectivity index (χ2n) is 5.67. The molecule has 1 fully saturated rings. The van der Waals surface area contributed by atoms with Gasteiger partial charge in [0.2, 0.25) is 0 Å². The van der Waals surface area contributed by atoms with E-state index in [-0.39, 0.29) is 0 Å². The molecule has 0 bridgehead atoms. The van der Waals surface area contributed by atoms with Crippen molar-refractivity contribution in [3.05, 3.63) is 35.5 Å². The summed E-state index contributed by atoms with van der Waals surface area (Å²) in [4.78, 5) is 6.22. The van der Waals surface area contributed by atoms with Crippen molar-refractivity contribution in [2.24, 2.45) is 0 Å². The Balaban J connectivity index is 1.65. The zero-order chi connectivity index (χ0) is 12.7. The first-order chi connectivity index (χ1) is 9.42. The lowest BCUT2D eigenvalue weighted by Gasteiger charge is -2.36. The molecule has 0 unspecified atom stereocenters. The summed E-state index contributed by atoms with van der Waals surface area (Å²) in [6, 6.07) is 9.41. The SMILES string of the molecule is c1ccc2c3c([nH]c2c1)CC[C@@H](N1CCOCC1)C3. The van der Waals surface area contributed by atoms with E-state index in [1.807, 2.05) is 0 Å². The third kappa shape index (κ3) is 1.97. The molecule has 1 aliphatic heterocycles. The largest absolute Gasteiger partial charge is 0.379 e. The van der Waals surface area contributed by atoms with Gasteiger partial charge in [0, 0.05) is 35.7 Å². The quantitative estimate of drug-likeness (QED) is 0.848. The van der Waals surface area contributed by atoms with Crippen LogP contribution in [0.1, 0.15) is 17.7 Å². The number of morpholine rings is 1. The minimum atomic E-state index is 0.704. The van der Waals surface area contributed by atoms with Gasteiger partial charge < -0.3 is 9.72 Å². The maximum absolute atomic E-state index is 5.47. The van der Waals surface area contributed by atoms with E-state index in [1.165, 1.54) is 35.9 Å². The van der Waals surface area contributed by atoms with Crippen molar-refractivity contribution in [3.63, 3.8) is 0 Å². The molecule has 1 aliphatic carbocycles. The summed E-state index contributed by atoms with van der Waals surface area (Å²) >= 11 is 0. The summed E-state index contributed by atoms with van der Waals surface area (Å²) < 4.78 is 5.47. The summed E-state index contributed by atoms with van der Waals surface area (Å²) in [6.45, 7) is 4.00. The van der Waals surface area contributed by atoms with Crippen LogP contribution in [0, 0.1) is 0 Å². The highest BCUT2D eigenvalue weighted by molar-refractivity contribution is 5.84. The average molecular weight is 256 g/mol. The number of nitrogens with one attached hydrogen (secondary N) is 1. The third-order valence-electron chi connectivity index (χ3n) is 4.63. The number of rotatable bonds is 1. The van der Waals surface area contributed by atoms with Gasteiger partial charge in [0.05, 0.1) is 13.2 Å². The predicted octanol–water partition coefficient (Wildman–Crippen LogP) is 2.36. The fourth-order valence-electron chi connectivity index (χ4n) is 3.61. The fourth-order valence-corrected chi connectivity index (χ4v) is 3.61. The summed E-state index contributed by atoms with van der Waals surface area (Å²) in [5, 5.41) is 1.43. The summed E-state index contributed by atoms with van der Waals surface area (Å²) in [7, 11) is 0. The van der Waals surface area contributed by atoms with Crippen molar-refractivity contribution >= 4 is 10.9 Å². The van der Waals surface area contributed by atoms with Crippen LogP contribution in [0.3, 0.4) is 0 Å². The van der Waals surface area contributed by atoms with Crippen LogP contribution >= 0.6 is 0 Å². The average Bonchev–Trinajstić information content (AvgIpc) is 2.86. The zero-order valence-electron chi connectivity index (χ0n) is 11.2. The third-order valence-corrected chi connectivity index (χ3v) is 4.63. The number of aromatic amines is 1. The molecule has 0 radical (unpaired) electrons. The number of para-hydroxylation sites is 1. The lowest BCUT2D eigenvalue weighted by atomic mass is 9.90. The molecule has 1 atom stereocenters. The highest BCUT2D eigenvalue weighted by Gasteiger charge is 2.27. The maximum atomic E-state index is 5.47. The molecule has 1 N–H and O–H groups in total. The summed E-state index contributed by atoms with van der Waals surface area (Å²) in [5.74, 6) is 0. The van der Waals surface area contributed by atoms with Crippen LogP contribution in [0.2, 0.25) is 0 Å². The highest BCUT2D eigenvalue weighted by Crippen LogP contribution is 2.31. The Hall–Kier alpha value is -1.32. The minimum absolute atomic E-state index is 0.704. The van der Waals surface area contributed by atoms with E-state index in [0.717, 1.165) is 26.3 Å². The number of ether oxygens (including phenoxy) is 1. The second-order valence-corrected chi connectivity index (χ2v) is 5.67. The molecule has 2 heterocycles.